The zero-order valence-electron chi connectivity index (χ0n) is 18.3. The molecular weight excluding hydrogens is 415 g/mol. The standard InChI is InChI=1S/C24H31FN2O3S/c1-18-12-13-31-22(18)15-26(14-19-8-10-20(25)11-9-19)23(28)16-27(24(29)17-30-2)21-6-4-3-5-7-21/h8-13,21H,3-7,14-17H2,1-2H3. The molecule has 5 nitrogen and oxygen atoms in total. The zero-order chi connectivity index (χ0) is 22.2. The Morgan fingerprint density at radius 1 is 1.06 bits per heavy atom. The molecule has 0 radical (unpaired) electrons. The van der Waals surface area contributed by atoms with E-state index in [4.69, 9.17) is 4.74 Å². The summed E-state index contributed by atoms with van der Waals surface area (Å²) in [5.41, 5.74) is 2.00. The molecule has 1 aliphatic carbocycles. The molecule has 31 heavy (non-hydrogen) atoms. The minimum atomic E-state index is -0.302. The lowest BCUT2D eigenvalue weighted by Gasteiger charge is -2.35. The molecule has 1 aromatic carbocycles. The van der Waals surface area contributed by atoms with Gasteiger partial charge in [-0.25, -0.2) is 4.39 Å². The van der Waals surface area contributed by atoms with Gasteiger partial charge < -0.3 is 14.5 Å². The molecular formula is C24H31FN2O3S. The number of hydrogen-bond acceptors (Lipinski definition) is 4. The summed E-state index contributed by atoms with van der Waals surface area (Å²) < 4.78 is 18.4. The molecule has 0 saturated heterocycles. The van der Waals surface area contributed by atoms with Crippen LogP contribution in [0, 0.1) is 12.7 Å². The Kier molecular flexibility index (Phi) is 8.60. The number of thiophene rings is 1. The normalized spacial score (nSPS) is 14.4. The number of carbonyl (C=O) groups excluding carboxylic acids is 2. The lowest BCUT2D eigenvalue weighted by Crippen LogP contribution is -2.49. The van der Waals surface area contributed by atoms with E-state index >= 15 is 0 Å². The molecule has 1 aliphatic rings. The Labute approximate surface area is 187 Å². The molecule has 0 aliphatic heterocycles. The maximum atomic E-state index is 13.4. The predicted octanol–water partition coefficient (Wildman–Crippen LogP) is 4.53. The second-order valence-corrected chi connectivity index (χ2v) is 9.15. The first-order valence-corrected chi connectivity index (χ1v) is 11.7. The van der Waals surface area contributed by atoms with Gasteiger partial charge >= 0.3 is 0 Å². The van der Waals surface area contributed by atoms with Gasteiger partial charge in [0, 0.05) is 24.6 Å². The lowest BCUT2D eigenvalue weighted by molar-refractivity contribution is -0.146. The molecule has 1 aromatic heterocycles. The SMILES string of the molecule is COCC(=O)N(CC(=O)N(Cc1ccc(F)cc1)Cc1sccc1C)C1CCCCC1. The molecule has 1 fully saturated rings. The summed E-state index contributed by atoms with van der Waals surface area (Å²) in [5.74, 6) is -0.548. The number of rotatable bonds is 9. The topological polar surface area (TPSA) is 49.9 Å². The van der Waals surface area contributed by atoms with Crippen molar-refractivity contribution in [2.24, 2.45) is 0 Å². The minimum Gasteiger partial charge on any atom is -0.375 e. The molecule has 0 N–H and O–H groups in total. The monoisotopic (exact) mass is 446 g/mol. The fourth-order valence-corrected chi connectivity index (χ4v) is 4.97. The van der Waals surface area contributed by atoms with Crippen LogP contribution in [0.3, 0.4) is 0 Å². The summed E-state index contributed by atoms with van der Waals surface area (Å²) >= 11 is 1.62. The van der Waals surface area contributed by atoms with E-state index in [0.29, 0.717) is 13.1 Å². The van der Waals surface area contributed by atoms with Gasteiger partial charge in [0.1, 0.15) is 19.0 Å². The summed E-state index contributed by atoms with van der Waals surface area (Å²) in [7, 11) is 1.50. The largest absolute Gasteiger partial charge is 0.375 e. The van der Waals surface area contributed by atoms with Crippen molar-refractivity contribution in [3.8, 4) is 0 Å². The molecule has 0 bridgehead atoms. The number of halogens is 1. The fraction of sp³-hybridized carbons (Fsp3) is 0.500. The highest BCUT2D eigenvalue weighted by Crippen LogP contribution is 2.24. The first-order valence-electron chi connectivity index (χ1n) is 10.8. The third-order valence-electron chi connectivity index (χ3n) is 5.85. The van der Waals surface area contributed by atoms with Crippen molar-refractivity contribution >= 4 is 23.2 Å². The number of methoxy groups -OCH3 is 1. The van der Waals surface area contributed by atoms with Crippen LogP contribution in [-0.2, 0) is 27.4 Å². The molecule has 2 aromatic rings. The number of benzene rings is 1. The van der Waals surface area contributed by atoms with E-state index in [2.05, 4.69) is 0 Å². The van der Waals surface area contributed by atoms with Crippen molar-refractivity contribution in [3.63, 3.8) is 0 Å². The van der Waals surface area contributed by atoms with Crippen LogP contribution in [-0.4, -0.2) is 47.9 Å². The lowest BCUT2D eigenvalue weighted by atomic mass is 9.94. The van der Waals surface area contributed by atoms with Gasteiger partial charge in [0.25, 0.3) is 0 Å². The molecule has 0 spiro atoms. The van der Waals surface area contributed by atoms with Crippen molar-refractivity contribution < 1.29 is 18.7 Å². The maximum absolute atomic E-state index is 13.4. The van der Waals surface area contributed by atoms with E-state index in [1.807, 2.05) is 18.4 Å². The van der Waals surface area contributed by atoms with Crippen LogP contribution in [0.15, 0.2) is 35.7 Å². The molecule has 1 heterocycles. The second kappa shape index (κ2) is 11.4. The molecule has 3 rings (SSSR count). The Morgan fingerprint density at radius 2 is 1.77 bits per heavy atom. The van der Waals surface area contributed by atoms with E-state index in [0.717, 1.165) is 41.7 Å². The second-order valence-electron chi connectivity index (χ2n) is 8.15. The zero-order valence-corrected chi connectivity index (χ0v) is 19.1. The predicted molar refractivity (Wildman–Crippen MR) is 120 cm³/mol. The third kappa shape index (κ3) is 6.61. The number of amides is 2. The molecule has 2 amide bonds. The average molecular weight is 447 g/mol. The molecule has 0 unspecified atom stereocenters. The van der Waals surface area contributed by atoms with E-state index < -0.39 is 0 Å². The first-order chi connectivity index (χ1) is 15.0. The van der Waals surface area contributed by atoms with Crippen molar-refractivity contribution in [1.29, 1.82) is 0 Å². The Hall–Kier alpha value is -2.25. The van der Waals surface area contributed by atoms with Crippen LogP contribution in [0.2, 0.25) is 0 Å². The molecule has 1 saturated carbocycles. The Bertz CT molecular complexity index is 862. The van der Waals surface area contributed by atoms with Gasteiger partial charge in [0.05, 0.1) is 6.54 Å². The van der Waals surface area contributed by atoms with Crippen molar-refractivity contribution in [2.75, 3.05) is 20.3 Å². The number of carbonyl (C=O) groups is 2. The van der Waals surface area contributed by atoms with Gasteiger partial charge in [0.2, 0.25) is 11.8 Å². The van der Waals surface area contributed by atoms with E-state index in [9.17, 15) is 14.0 Å². The van der Waals surface area contributed by atoms with Gasteiger partial charge in [-0.15, -0.1) is 11.3 Å². The number of aryl methyl sites for hydroxylation is 1. The van der Waals surface area contributed by atoms with Gasteiger partial charge in [-0.3, -0.25) is 9.59 Å². The number of ether oxygens (including phenoxy) is 1. The van der Waals surface area contributed by atoms with Gasteiger partial charge in [-0.05, 0) is 54.5 Å². The Morgan fingerprint density at radius 3 is 2.39 bits per heavy atom. The average Bonchev–Trinajstić information content (AvgIpc) is 3.18. The van der Waals surface area contributed by atoms with E-state index in [1.54, 1.807) is 33.3 Å². The molecule has 7 heteroatoms. The summed E-state index contributed by atoms with van der Waals surface area (Å²) in [6.07, 6.45) is 5.16. The maximum Gasteiger partial charge on any atom is 0.249 e. The van der Waals surface area contributed by atoms with Crippen molar-refractivity contribution in [2.45, 2.75) is 58.2 Å². The highest BCUT2D eigenvalue weighted by Gasteiger charge is 2.29. The summed E-state index contributed by atoms with van der Waals surface area (Å²) in [6.45, 7) is 2.89. The summed E-state index contributed by atoms with van der Waals surface area (Å²) in [5, 5.41) is 2.02. The van der Waals surface area contributed by atoms with E-state index in [-0.39, 0.29) is 36.8 Å². The highest BCUT2D eigenvalue weighted by molar-refractivity contribution is 7.10. The fourth-order valence-electron chi connectivity index (χ4n) is 4.05. The smallest absolute Gasteiger partial charge is 0.249 e. The van der Waals surface area contributed by atoms with Gasteiger partial charge in [0.15, 0.2) is 0 Å². The first kappa shape index (κ1) is 23.4. The van der Waals surface area contributed by atoms with Crippen LogP contribution in [0.4, 0.5) is 4.39 Å². The number of hydrogen-bond donors (Lipinski definition) is 0. The summed E-state index contributed by atoms with van der Waals surface area (Å²) in [4.78, 5) is 30.8. The van der Waals surface area contributed by atoms with Crippen LogP contribution in [0.1, 0.15) is 48.1 Å². The van der Waals surface area contributed by atoms with Crippen molar-refractivity contribution in [1.82, 2.24) is 9.80 Å². The Balaban J connectivity index is 1.79. The number of nitrogens with zero attached hydrogens (tertiary/aromatic N) is 2. The van der Waals surface area contributed by atoms with Crippen LogP contribution >= 0.6 is 11.3 Å². The molecule has 168 valence electrons. The van der Waals surface area contributed by atoms with E-state index in [1.165, 1.54) is 25.7 Å². The van der Waals surface area contributed by atoms with Crippen LogP contribution in [0.5, 0.6) is 0 Å². The van der Waals surface area contributed by atoms with Crippen molar-refractivity contribution in [3.05, 3.63) is 57.5 Å². The highest BCUT2D eigenvalue weighted by atomic mass is 32.1. The quantitative estimate of drug-likeness (QED) is 0.569. The third-order valence-corrected chi connectivity index (χ3v) is 6.86. The van der Waals surface area contributed by atoms with Gasteiger partial charge in [-0.1, -0.05) is 31.4 Å². The van der Waals surface area contributed by atoms with Gasteiger partial charge in [-0.2, -0.15) is 0 Å². The minimum absolute atomic E-state index is 0.0220. The summed E-state index contributed by atoms with van der Waals surface area (Å²) in [6, 6.07) is 8.33. The molecule has 0 atom stereocenters. The van der Waals surface area contributed by atoms with Crippen LogP contribution < -0.4 is 0 Å². The van der Waals surface area contributed by atoms with Crippen LogP contribution in [0.25, 0.3) is 0 Å².